The van der Waals surface area contributed by atoms with Crippen LogP contribution < -0.4 is 4.74 Å². The smallest absolute Gasteiger partial charge is 0.393 e. The van der Waals surface area contributed by atoms with Gasteiger partial charge in [0.1, 0.15) is 5.75 Å². The first-order chi connectivity index (χ1) is 8.15. The van der Waals surface area contributed by atoms with Crippen molar-refractivity contribution in [2.75, 3.05) is 14.2 Å². The number of hydrogen-bond donors (Lipinski definition) is 0. The summed E-state index contributed by atoms with van der Waals surface area (Å²) >= 11 is 0. The van der Waals surface area contributed by atoms with Crippen LogP contribution in [-0.4, -0.2) is 25.7 Å². The number of rotatable bonds is 2. The highest BCUT2D eigenvalue weighted by molar-refractivity contribution is 5.85. The number of carbonyl (C=O) groups is 1. The molecule has 0 aromatic heterocycles. The van der Waals surface area contributed by atoms with Gasteiger partial charge in [0.25, 0.3) is 0 Å². The van der Waals surface area contributed by atoms with Gasteiger partial charge in [0, 0.05) is 0 Å². The van der Waals surface area contributed by atoms with E-state index < -0.39 is 11.5 Å². The monoisotopic (exact) mass is 231 g/mol. The third kappa shape index (κ3) is 1.74. The van der Waals surface area contributed by atoms with Crippen LogP contribution in [0, 0.1) is 6.57 Å². The third-order valence-electron chi connectivity index (χ3n) is 3.16. The van der Waals surface area contributed by atoms with Crippen molar-refractivity contribution in [3.05, 3.63) is 40.7 Å². The largest absolute Gasteiger partial charge is 0.497 e. The molecule has 1 unspecified atom stereocenters. The van der Waals surface area contributed by atoms with Gasteiger partial charge in [0.2, 0.25) is 0 Å². The van der Waals surface area contributed by atoms with Gasteiger partial charge in [0.05, 0.1) is 27.1 Å². The molecule has 0 saturated heterocycles. The van der Waals surface area contributed by atoms with Gasteiger partial charge in [0.15, 0.2) is 0 Å². The molecule has 1 aliphatic carbocycles. The predicted octanol–water partition coefficient (Wildman–Crippen LogP) is 1.62. The highest BCUT2D eigenvalue weighted by atomic mass is 16.5. The Hall–Kier alpha value is -2.02. The molecule has 0 aliphatic heterocycles. The van der Waals surface area contributed by atoms with Crippen molar-refractivity contribution in [1.82, 2.24) is 0 Å². The van der Waals surface area contributed by atoms with Crippen LogP contribution >= 0.6 is 0 Å². The topological polar surface area (TPSA) is 39.9 Å². The second kappa shape index (κ2) is 4.10. The Morgan fingerprint density at radius 2 is 2.06 bits per heavy atom. The van der Waals surface area contributed by atoms with Crippen LogP contribution in [-0.2, 0) is 22.4 Å². The summed E-state index contributed by atoms with van der Waals surface area (Å²) < 4.78 is 9.87. The SMILES string of the molecule is [C-]#[N+]C1(C(=O)OC)Cc2ccc(OC)cc2C1. The van der Waals surface area contributed by atoms with Gasteiger partial charge >= 0.3 is 11.5 Å². The van der Waals surface area contributed by atoms with E-state index in [0.717, 1.165) is 16.9 Å². The average molecular weight is 231 g/mol. The molecule has 88 valence electrons. The van der Waals surface area contributed by atoms with Crippen LogP contribution in [0.1, 0.15) is 11.1 Å². The van der Waals surface area contributed by atoms with Crippen LogP contribution in [0.3, 0.4) is 0 Å². The molecule has 0 amide bonds. The standard InChI is InChI=1S/C13H13NO3/c1-14-13(12(15)17-3)7-9-4-5-11(16-2)6-10(9)8-13/h4-6H,7-8H2,2-3H3. The van der Waals surface area contributed by atoms with Crippen LogP contribution in [0.15, 0.2) is 18.2 Å². The van der Waals surface area contributed by atoms with E-state index in [1.807, 2.05) is 18.2 Å². The van der Waals surface area contributed by atoms with Crippen LogP contribution in [0.2, 0.25) is 0 Å². The van der Waals surface area contributed by atoms with Crippen molar-refractivity contribution >= 4 is 5.97 Å². The summed E-state index contributed by atoms with van der Waals surface area (Å²) in [6.07, 6.45) is 0.818. The molecule has 0 heterocycles. The van der Waals surface area contributed by atoms with Gasteiger partial charge in [-0.1, -0.05) is 6.07 Å². The molecule has 4 nitrogen and oxygen atoms in total. The molecule has 0 radical (unpaired) electrons. The number of fused-ring (bicyclic) bond motifs is 1. The molecule has 0 spiro atoms. The van der Waals surface area contributed by atoms with E-state index in [0.29, 0.717) is 12.8 Å². The summed E-state index contributed by atoms with van der Waals surface area (Å²) in [4.78, 5) is 15.2. The fourth-order valence-electron chi connectivity index (χ4n) is 2.22. The lowest BCUT2D eigenvalue weighted by molar-refractivity contribution is -0.145. The fraction of sp³-hybridized carbons (Fsp3) is 0.385. The molecule has 1 aliphatic rings. The lowest BCUT2D eigenvalue weighted by atomic mass is 9.97. The van der Waals surface area contributed by atoms with E-state index in [1.165, 1.54) is 7.11 Å². The van der Waals surface area contributed by atoms with Crippen LogP contribution in [0.5, 0.6) is 5.75 Å². The molecule has 0 N–H and O–H groups in total. The van der Waals surface area contributed by atoms with Crippen molar-refractivity contribution in [2.24, 2.45) is 0 Å². The van der Waals surface area contributed by atoms with Crippen molar-refractivity contribution in [2.45, 2.75) is 18.4 Å². The number of methoxy groups -OCH3 is 2. The van der Waals surface area contributed by atoms with E-state index in [4.69, 9.17) is 16.0 Å². The van der Waals surface area contributed by atoms with E-state index in [9.17, 15) is 4.79 Å². The summed E-state index contributed by atoms with van der Waals surface area (Å²) in [5, 5.41) is 0. The summed E-state index contributed by atoms with van der Waals surface area (Å²) in [6, 6.07) is 5.63. The van der Waals surface area contributed by atoms with Crippen molar-refractivity contribution in [3.8, 4) is 5.75 Å². The number of ether oxygens (including phenoxy) is 2. The number of nitrogens with zero attached hydrogens (tertiary/aromatic N) is 1. The van der Waals surface area contributed by atoms with Crippen LogP contribution in [0.4, 0.5) is 0 Å². The molecule has 2 rings (SSSR count). The molecular formula is C13H13NO3. The summed E-state index contributed by atoms with van der Waals surface area (Å²) in [5.41, 5.74) is 0.932. The molecule has 1 aromatic rings. The number of hydrogen-bond acceptors (Lipinski definition) is 3. The first-order valence-electron chi connectivity index (χ1n) is 5.28. The van der Waals surface area contributed by atoms with E-state index >= 15 is 0 Å². The van der Waals surface area contributed by atoms with Gasteiger partial charge in [-0.25, -0.2) is 11.4 Å². The van der Waals surface area contributed by atoms with E-state index in [2.05, 4.69) is 4.85 Å². The van der Waals surface area contributed by atoms with Crippen LogP contribution in [0.25, 0.3) is 4.85 Å². The highest BCUT2D eigenvalue weighted by Crippen LogP contribution is 2.36. The maximum absolute atomic E-state index is 11.7. The molecule has 17 heavy (non-hydrogen) atoms. The Bertz CT molecular complexity index is 504. The minimum absolute atomic E-state index is 0.399. The number of benzene rings is 1. The zero-order valence-corrected chi connectivity index (χ0v) is 9.82. The normalized spacial score (nSPS) is 21.5. The Kier molecular flexibility index (Phi) is 2.76. The number of carbonyl (C=O) groups excluding carboxylic acids is 1. The molecule has 0 bridgehead atoms. The zero-order valence-electron chi connectivity index (χ0n) is 9.82. The van der Waals surface area contributed by atoms with Gasteiger partial charge in [-0.2, -0.15) is 0 Å². The molecule has 1 aromatic carbocycles. The van der Waals surface area contributed by atoms with Gasteiger partial charge < -0.3 is 9.47 Å². The summed E-state index contributed by atoms with van der Waals surface area (Å²) in [6.45, 7) is 7.25. The summed E-state index contributed by atoms with van der Waals surface area (Å²) in [7, 11) is 2.91. The maximum Gasteiger partial charge on any atom is 0.393 e. The molecular weight excluding hydrogens is 218 g/mol. The Balaban J connectivity index is 2.37. The fourth-order valence-corrected chi connectivity index (χ4v) is 2.22. The Labute approximate surface area is 100.0 Å². The molecule has 0 saturated carbocycles. The average Bonchev–Trinajstić information content (AvgIpc) is 2.76. The quantitative estimate of drug-likeness (QED) is 0.573. The van der Waals surface area contributed by atoms with Gasteiger partial charge in [-0.3, -0.25) is 4.85 Å². The third-order valence-corrected chi connectivity index (χ3v) is 3.16. The minimum Gasteiger partial charge on any atom is -0.497 e. The first kappa shape index (κ1) is 11.5. The summed E-state index contributed by atoms with van der Waals surface area (Å²) in [5.74, 6) is 0.289. The van der Waals surface area contributed by atoms with E-state index in [1.54, 1.807) is 7.11 Å². The van der Waals surface area contributed by atoms with Crippen molar-refractivity contribution < 1.29 is 14.3 Å². The molecule has 4 heteroatoms. The molecule has 1 atom stereocenters. The number of esters is 1. The Morgan fingerprint density at radius 3 is 2.65 bits per heavy atom. The molecule has 0 fully saturated rings. The minimum atomic E-state index is -1.08. The lowest BCUT2D eigenvalue weighted by Gasteiger charge is -2.11. The Morgan fingerprint density at radius 1 is 1.35 bits per heavy atom. The van der Waals surface area contributed by atoms with Gasteiger partial charge in [-0.05, 0) is 23.3 Å². The second-order valence-electron chi connectivity index (χ2n) is 4.12. The maximum atomic E-state index is 11.7. The lowest BCUT2D eigenvalue weighted by Crippen LogP contribution is -2.37. The first-order valence-corrected chi connectivity index (χ1v) is 5.28. The van der Waals surface area contributed by atoms with Crippen molar-refractivity contribution in [1.29, 1.82) is 0 Å². The van der Waals surface area contributed by atoms with Crippen molar-refractivity contribution in [3.63, 3.8) is 0 Å². The van der Waals surface area contributed by atoms with E-state index in [-0.39, 0.29) is 0 Å². The zero-order chi connectivity index (χ0) is 12.5. The predicted molar refractivity (Wildman–Crippen MR) is 61.8 cm³/mol. The second-order valence-corrected chi connectivity index (χ2v) is 4.12. The highest BCUT2D eigenvalue weighted by Gasteiger charge is 2.52. The van der Waals surface area contributed by atoms with Gasteiger partial charge in [-0.15, -0.1) is 0 Å².